The van der Waals surface area contributed by atoms with E-state index in [4.69, 9.17) is 0 Å². The number of nitrogens with one attached hydrogen (secondary N) is 3. The summed E-state index contributed by atoms with van der Waals surface area (Å²) in [6.45, 7) is 0.539. The van der Waals surface area contributed by atoms with Crippen LogP contribution in [-0.2, 0) is 21.9 Å². The monoisotopic (exact) mass is 503 g/mol. The summed E-state index contributed by atoms with van der Waals surface area (Å²) in [6.07, 6.45) is -7.61. The largest absolute Gasteiger partial charge is 0.416 e. The molecular weight excluding hydrogens is 483 g/mol. The highest BCUT2D eigenvalue weighted by Crippen LogP contribution is 2.37. The van der Waals surface area contributed by atoms with Crippen LogP contribution in [0.4, 0.5) is 36.4 Å². The first-order valence-electron chi connectivity index (χ1n) is 10.4. The molecular formula is C23H20F7N3O2. The minimum absolute atomic E-state index is 0.0417. The van der Waals surface area contributed by atoms with Crippen LogP contribution >= 0.6 is 0 Å². The third kappa shape index (κ3) is 6.81. The highest BCUT2D eigenvalue weighted by atomic mass is 19.4. The SMILES string of the molecule is O=C(C=Cc1ccc(F)cc1)NC1(C(=O)Nc2cc(C(F)(F)F)cc(C(F)(F)F)c2)CCNCC1. The van der Waals surface area contributed by atoms with Gasteiger partial charge in [-0.05, 0) is 67.9 Å². The molecule has 1 aliphatic rings. The van der Waals surface area contributed by atoms with Gasteiger partial charge in [0, 0.05) is 11.8 Å². The fourth-order valence-electron chi connectivity index (χ4n) is 3.56. The van der Waals surface area contributed by atoms with Crippen LogP contribution in [0.15, 0.2) is 48.5 Å². The Morgan fingerprint density at radius 3 is 1.94 bits per heavy atom. The van der Waals surface area contributed by atoms with Gasteiger partial charge in [0.2, 0.25) is 11.8 Å². The van der Waals surface area contributed by atoms with E-state index in [9.17, 15) is 40.3 Å². The van der Waals surface area contributed by atoms with Crippen LogP contribution in [-0.4, -0.2) is 30.4 Å². The van der Waals surface area contributed by atoms with Crippen LogP contribution < -0.4 is 16.0 Å². The number of hydrogen-bond donors (Lipinski definition) is 3. The zero-order chi connectivity index (χ0) is 25.9. The minimum Gasteiger partial charge on any atom is -0.338 e. The third-order valence-corrected chi connectivity index (χ3v) is 5.40. The van der Waals surface area contributed by atoms with Gasteiger partial charge in [0.05, 0.1) is 11.1 Å². The highest BCUT2D eigenvalue weighted by Gasteiger charge is 2.42. The van der Waals surface area contributed by atoms with Crippen molar-refractivity contribution in [2.45, 2.75) is 30.7 Å². The summed E-state index contributed by atoms with van der Waals surface area (Å²) in [5, 5.41) is 7.61. The quantitative estimate of drug-likeness (QED) is 0.408. The second-order valence-corrected chi connectivity index (χ2v) is 7.95. The number of rotatable bonds is 5. The van der Waals surface area contributed by atoms with Gasteiger partial charge in [-0.25, -0.2) is 4.39 Å². The summed E-state index contributed by atoms with van der Waals surface area (Å²) >= 11 is 0. The Kier molecular flexibility index (Phi) is 7.53. The molecule has 3 rings (SSSR count). The molecule has 1 saturated heterocycles. The van der Waals surface area contributed by atoms with Crippen molar-refractivity contribution < 1.29 is 40.3 Å². The molecule has 0 radical (unpaired) electrons. The van der Waals surface area contributed by atoms with Gasteiger partial charge in [-0.3, -0.25) is 9.59 Å². The summed E-state index contributed by atoms with van der Waals surface area (Å²) in [5.74, 6) is -2.14. The Labute approximate surface area is 195 Å². The second-order valence-electron chi connectivity index (χ2n) is 7.95. The zero-order valence-corrected chi connectivity index (χ0v) is 18.0. The number of amides is 2. The topological polar surface area (TPSA) is 70.2 Å². The molecule has 188 valence electrons. The molecule has 0 spiro atoms. The van der Waals surface area contributed by atoms with E-state index in [0.29, 0.717) is 17.7 Å². The molecule has 0 bridgehead atoms. The van der Waals surface area contributed by atoms with Gasteiger partial charge in [-0.1, -0.05) is 12.1 Å². The molecule has 2 aromatic carbocycles. The number of carbonyl (C=O) groups is 2. The Hall–Kier alpha value is -3.41. The van der Waals surface area contributed by atoms with Crippen LogP contribution in [0, 0.1) is 5.82 Å². The molecule has 1 fully saturated rings. The number of hydrogen-bond acceptors (Lipinski definition) is 3. The lowest BCUT2D eigenvalue weighted by molar-refractivity contribution is -0.143. The fraction of sp³-hybridized carbons (Fsp3) is 0.304. The van der Waals surface area contributed by atoms with Crippen molar-refractivity contribution in [3.8, 4) is 0 Å². The Bertz CT molecular complexity index is 1070. The molecule has 2 aromatic rings. The van der Waals surface area contributed by atoms with Crippen LogP contribution in [0.5, 0.6) is 0 Å². The first-order valence-corrected chi connectivity index (χ1v) is 10.4. The molecule has 0 unspecified atom stereocenters. The molecule has 2 amide bonds. The van der Waals surface area contributed by atoms with Gasteiger partial charge in [0.1, 0.15) is 11.4 Å². The number of anilines is 1. The van der Waals surface area contributed by atoms with Crippen molar-refractivity contribution in [3.63, 3.8) is 0 Å². The van der Waals surface area contributed by atoms with Crippen LogP contribution in [0.25, 0.3) is 6.08 Å². The lowest BCUT2D eigenvalue weighted by atomic mass is 9.87. The average Bonchev–Trinajstić information content (AvgIpc) is 2.78. The Morgan fingerprint density at radius 1 is 0.886 bits per heavy atom. The number of carbonyl (C=O) groups excluding carboxylic acids is 2. The van der Waals surface area contributed by atoms with Gasteiger partial charge in [0.15, 0.2) is 0 Å². The number of halogens is 7. The first kappa shape index (κ1) is 26.2. The van der Waals surface area contributed by atoms with Crippen LogP contribution in [0.3, 0.4) is 0 Å². The molecule has 1 heterocycles. The van der Waals surface area contributed by atoms with Gasteiger partial charge in [0.25, 0.3) is 0 Å². The maximum Gasteiger partial charge on any atom is 0.416 e. The molecule has 0 aliphatic carbocycles. The maximum absolute atomic E-state index is 13.1. The van der Waals surface area contributed by atoms with E-state index in [1.807, 2.05) is 0 Å². The summed E-state index contributed by atoms with van der Waals surface area (Å²) in [4.78, 5) is 25.6. The van der Waals surface area contributed by atoms with Crippen molar-refractivity contribution in [2.75, 3.05) is 18.4 Å². The van der Waals surface area contributed by atoms with Crippen molar-refractivity contribution in [2.24, 2.45) is 0 Å². The maximum atomic E-state index is 13.1. The van der Waals surface area contributed by atoms with Gasteiger partial charge < -0.3 is 16.0 Å². The first-order chi connectivity index (χ1) is 16.3. The van der Waals surface area contributed by atoms with Gasteiger partial charge in [-0.15, -0.1) is 0 Å². The number of piperidine rings is 1. The molecule has 0 aromatic heterocycles. The predicted octanol–water partition coefficient (Wildman–Crippen LogP) is 4.75. The molecule has 12 heteroatoms. The molecule has 35 heavy (non-hydrogen) atoms. The van der Waals surface area contributed by atoms with E-state index in [1.165, 1.54) is 30.3 Å². The van der Waals surface area contributed by atoms with E-state index >= 15 is 0 Å². The minimum atomic E-state index is -5.08. The molecule has 0 atom stereocenters. The van der Waals surface area contributed by atoms with E-state index in [2.05, 4.69) is 16.0 Å². The molecule has 3 N–H and O–H groups in total. The molecule has 5 nitrogen and oxygen atoms in total. The summed E-state index contributed by atoms with van der Waals surface area (Å²) in [5.41, 5.74) is -4.94. The van der Waals surface area contributed by atoms with Crippen molar-refractivity contribution >= 4 is 23.6 Å². The summed E-state index contributed by atoms with van der Waals surface area (Å²) in [6, 6.07) is 5.96. The summed E-state index contributed by atoms with van der Waals surface area (Å²) < 4.78 is 91.9. The number of benzene rings is 2. The molecule has 1 aliphatic heterocycles. The van der Waals surface area contributed by atoms with E-state index in [1.54, 1.807) is 0 Å². The van der Waals surface area contributed by atoms with E-state index in [-0.39, 0.29) is 32.0 Å². The second kappa shape index (κ2) is 10.1. The van der Waals surface area contributed by atoms with Crippen LogP contribution in [0.2, 0.25) is 0 Å². The van der Waals surface area contributed by atoms with E-state index in [0.717, 1.165) is 6.08 Å². The standard InChI is InChI=1S/C23H20F7N3O2/c24-17-4-1-14(2-5-17)3-6-19(34)33-21(7-9-31-10-8-21)20(35)32-18-12-15(22(25,26)27)11-16(13-18)23(28,29)30/h1-6,11-13,31H,7-10H2,(H,32,35)(H,33,34). The van der Waals surface area contributed by atoms with E-state index < -0.39 is 52.3 Å². The van der Waals surface area contributed by atoms with Gasteiger partial charge >= 0.3 is 12.4 Å². The van der Waals surface area contributed by atoms with Crippen molar-refractivity contribution in [1.82, 2.24) is 10.6 Å². The average molecular weight is 503 g/mol. The van der Waals surface area contributed by atoms with Crippen molar-refractivity contribution in [3.05, 3.63) is 71.0 Å². The predicted molar refractivity (Wildman–Crippen MR) is 113 cm³/mol. The zero-order valence-electron chi connectivity index (χ0n) is 18.0. The van der Waals surface area contributed by atoms with Crippen LogP contribution in [0.1, 0.15) is 29.5 Å². The normalized spacial score (nSPS) is 16.2. The highest BCUT2D eigenvalue weighted by molar-refractivity contribution is 6.03. The number of alkyl halides is 6. The smallest absolute Gasteiger partial charge is 0.338 e. The van der Waals surface area contributed by atoms with Gasteiger partial charge in [-0.2, -0.15) is 26.3 Å². The summed E-state index contributed by atoms with van der Waals surface area (Å²) in [7, 11) is 0. The Balaban J connectivity index is 1.85. The third-order valence-electron chi connectivity index (χ3n) is 5.40. The Morgan fingerprint density at radius 2 is 1.43 bits per heavy atom. The molecule has 0 saturated carbocycles. The lowest BCUT2D eigenvalue weighted by Crippen LogP contribution is -2.61. The van der Waals surface area contributed by atoms with Crippen molar-refractivity contribution in [1.29, 1.82) is 0 Å². The fourth-order valence-corrected chi connectivity index (χ4v) is 3.56. The lowest BCUT2D eigenvalue weighted by Gasteiger charge is -2.36.